The SMILES string of the molecule is CC(CO)CCCNCC(O)c1cccc(F)c1. The third-order valence-corrected chi connectivity index (χ3v) is 2.93. The third-order valence-electron chi connectivity index (χ3n) is 2.93. The van der Waals surface area contributed by atoms with Gasteiger partial charge in [0.05, 0.1) is 6.10 Å². The largest absolute Gasteiger partial charge is 0.396 e. The summed E-state index contributed by atoms with van der Waals surface area (Å²) in [6, 6.07) is 6.01. The fourth-order valence-electron chi connectivity index (χ4n) is 1.74. The van der Waals surface area contributed by atoms with Crippen molar-refractivity contribution in [2.75, 3.05) is 19.7 Å². The van der Waals surface area contributed by atoms with E-state index in [1.165, 1.54) is 12.1 Å². The molecule has 0 fully saturated rings. The van der Waals surface area contributed by atoms with Crippen molar-refractivity contribution in [2.24, 2.45) is 5.92 Å². The van der Waals surface area contributed by atoms with E-state index in [0.717, 1.165) is 19.4 Å². The molecule has 0 aliphatic carbocycles. The van der Waals surface area contributed by atoms with Gasteiger partial charge in [0.2, 0.25) is 0 Å². The molecule has 102 valence electrons. The number of benzene rings is 1. The second-order valence-corrected chi connectivity index (χ2v) is 4.70. The highest BCUT2D eigenvalue weighted by molar-refractivity contribution is 5.18. The lowest BCUT2D eigenvalue weighted by Gasteiger charge is -2.13. The highest BCUT2D eigenvalue weighted by atomic mass is 19.1. The van der Waals surface area contributed by atoms with Crippen LogP contribution in [0.3, 0.4) is 0 Å². The Morgan fingerprint density at radius 2 is 2.17 bits per heavy atom. The van der Waals surface area contributed by atoms with Crippen LogP contribution in [0.1, 0.15) is 31.4 Å². The second-order valence-electron chi connectivity index (χ2n) is 4.70. The number of nitrogens with one attached hydrogen (secondary N) is 1. The Bertz CT molecular complexity index is 346. The molecule has 0 heterocycles. The van der Waals surface area contributed by atoms with E-state index in [4.69, 9.17) is 5.11 Å². The Hall–Kier alpha value is -0.970. The predicted octanol–water partition coefficient (Wildman–Crippen LogP) is 1.86. The highest BCUT2D eigenvalue weighted by Crippen LogP contribution is 2.13. The molecule has 0 spiro atoms. The zero-order valence-electron chi connectivity index (χ0n) is 10.8. The van der Waals surface area contributed by atoms with E-state index in [0.29, 0.717) is 18.0 Å². The average molecular weight is 255 g/mol. The van der Waals surface area contributed by atoms with Gasteiger partial charge in [0, 0.05) is 13.2 Å². The number of halogens is 1. The standard InChI is InChI=1S/C14H22FNO2/c1-11(10-17)4-3-7-16-9-14(18)12-5-2-6-13(15)8-12/h2,5-6,8,11,14,16-18H,3-4,7,9-10H2,1H3. The van der Waals surface area contributed by atoms with Crippen molar-refractivity contribution in [3.8, 4) is 0 Å². The lowest BCUT2D eigenvalue weighted by Crippen LogP contribution is -2.23. The summed E-state index contributed by atoms with van der Waals surface area (Å²) >= 11 is 0. The molecule has 0 radical (unpaired) electrons. The Morgan fingerprint density at radius 3 is 2.83 bits per heavy atom. The summed E-state index contributed by atoms with van der Waals surface area (Å²) < 4.78 is 12.9. The molecule has 2 unspecified atom stereocenters. The first-order valence-corrected chi connectivity index (χ1v) is 6.38. The van der Waals surface area contributed by atoms with E-state index in [-0.39, 0.29) is 12.4 Å². The maximum absolute atomic E-state index is 12.9. The zero-order valence-corrected chi connectivity index (χ0v) is 10.8. The predicted molar refractivity (Wildman–Crippen MR) is 69.7 cm³/mol. The Labute approximate surface area is 108 Å². The Morgan fingerprint density at radius 1 is 1.39 bits per heavy atom. The van der Waals surface area contributed by atoms with Gasteiger partial charge in [-0.3, -0.25) is 0 Å². The van der Waals surface area contributed by atoms with Crippen LogP contribution in [0, 0.1) is 11.7 Å². The minimum absolute atomic E-state index is 0.214. The van der Waals surface area contributed by atoms with Gasteiger partial charge in [-0.1, -0.05) is 19.1 Å². The molecule has 2 atom stereocenters. The van der Waals surface area contributed by atoms with Crippen LogP contribution in [0.25, 0.3) is 0 Å². The smallest absolute Gasteiger partial charge is 0.123 e. The van der Waals surface area contributed by atoms with Gasteiger partial charge in [0.1, 0.15) is 5.82 Å². The molecule has 3 N–H and O–H groups in total. The van der Waals surface area contributed by atoms with Crippen LogP contribution in [-0.2, 0) is 0 Å². The molecule has 4 heteroatoms. The molecule has 0 aromatic heterocycles. The molecule has 1 aromatic carbocycles. The Kier molecular flexibility index (Phi) is 6.86. The zero-order chi connectivity index (χ0) is 13.4. The molecule has 0 aliphatic heterocycles. The lowest BCUT2D eigenvalue weighted by molar-refractivity contribution is 0.173. The number of hydrogen-bond donors (Lipinski definition) is 3. The fraction of sp³-hybridized carbons (Fsp3) is 0.571. The first kappa shape index (κ1) is 15.1. The highest BCUT2D eigenvalue weighted by Gasteiger charge is 2.07. The van der Waals surface area contributed by atoms with Gasteiger partial charge in [-0.15, -0.1) is 0 Å². The normalized spacial score (nSPS) is 14.4. The quantitative estimate of drug-likeness (QED) is 0.621. The average Bonchev–Trinajstić information content (AvgIpc) is 2.37. The van der Waals surface area contributed by atoms with Crippen LogP contribution in [0.15, 0.2) is 24.3 Å². The van der Waals surface area contributed by atoms with Crippen LogP contribution < -0.4 is 5.32 Å². The number of rotatable bonds is 8. The topological polar surface area (TPSA) is 52.5 Å². The van der Waals surface area contributed by atoms with E-state index >= 15 is 0 Å². The number of hydrogen-bond acceptors (Lipinski definition) is 3. The summed E-state index contributed by atoms with van der Waals surface area (Å²) in [4.78, 5) is 0. The summed E-state index contributed by atoms with van der Waals surface area (Å²) in [7, 11) is 0. The molecule has 1 aromatic rings. The van der Waals surface area contributed by atoms with Gasteiger partial charge in [-0.2, -0.15) is 0 Å². The second kappa shape index (κ2) is 8.19. The fourth-order valence-corrected chi connectivity index (χ4v) is 1.74. The van der Waals surface area contributed by atoms with Crippen molar-refractivity contribution >= 4 is 0 Å². The summed E-state index contributed by atoms with van der Waals surface area (Å²) in [6.45, 7) is 3.42. The van der Waals surface area contributed by atoms with Gasteiger partial charge in [0.15, 0.2) is 0 Å². The molecule has 0 bridgehead atoms. The van der Waals surface area contributed by atoms with Crippen molar-refractivity contribution in [3.63, 3.8) is 0 Å². The van der Waals surface area contributed by atoms with Crippen LogP contribution in [0.4, 0.5) is 4.39 Å². The maximum atomic E-state index is 12.9. The third kappa shape index (κ3) is 5.58. The van der Waals surface area contributed by atoms with E-state index in [9.17, 15) is 9.50 Å². The maximum Gasteiger partial charge on any atom is 0.123 e. The molecule has 0 saturated heterocycles. The molecule has 0 saturated carbocycles. The number of aliphatic hydroxyl groups excluding tert-OH is 2. The number of aliphatic hydroxyl groups is 2. The molecular weight excluding hydrogens is 233 g/mol. The lowest BCUT2D eigenvalue weighted by atomic mass is 10.1. The van der Waals surface area contributed by atoms with Crippen LogP contribution in [0.5, 0.6) is 0 Å². The van der Waals surface area contributed by atoms with Crippen molar-refractivity contribution in [2.45, 2.75) is 25.9 Å². The van der Waals surface area contributed by atoms with E-state index < -0.39 is 6.10 Å². The molecule has 18 heavy (non-hydrogen) atoms. The van der Waals surface area contributed by atoms with Gasteiger partial charge in [-0.25, -0.2) is 4.39 Å². The van der Waals surface area contributed by atoms with E-state index in [2.05, 4.69) is 5.32 Å². The minimum Gasteiger partial charge on any atom is -0.396 e. The van der Waals surface area contributed by atoms with Crippen LogP contribution in [-0.4, -0.2) is 29.9 Å². The van der Waals surface area contributed by atoms with Gasteiger partial charge >= 0.3 is 0 Å². The van der Waals surface area contributed by atoms with Gasteiger partial charge in [-0.05, 0) is 43.0 Å². The van der Waals surface area contributed by atoms with Crippen molar-refractivity contribution in [1.82, 2.24) is 5.32 Å². The molecule has 1 rings (SSSR count). The van der Waals surface area contributed by atoms with Crippen LogP contribution >= 0.6 is 0 Å². The molecule has 0 aliphatic rings. The summed E-state index contributed by atoms with van der Waals surface area (Å²) in [5.74, 6) is -0.0109. The minimum atomic E-state index is -0.684. The first-order chi connectivity index (χ1) is 8.63. The van der Waals surface area contributed by atoms with Crippen molar-refractivity contribution in [1.29, 1.82) is 0 Å². The van der Waals surface area contributed by atoms with Crippen molar-refractivity contribution in [3.05, 3.63) is 35.6 Å². The first-order valence-electron chi connectivity index (χ1n) is 6.38. The molecular formula is C14H22FNO2. The monoisotopic (exact) mass is 255 g/mol. The van der Waals surface area contributed by atoms with Crippen molar-refractivity contribution < 1.29 is 14.6 Å². The summed E-state index contributed by atoms with van der Waals surface area (Å²) in [5, 5.41) is 21.8. The summed E-state index contributed by atoms with van der Waals surface area (Å²) in [6.07, 6.45) is 1.23. The summed E-state index contributed by atoms with van der Waals surface area (Å²) in [5.41, 5.74) is 0.589. The van der Waals surface area contributed by atoms with Gasteiger partial charge < -0.3 is 15.5 Å². The van der Waals surface area contributed by atoms with E-state index in [1.807, 2.05) is 6.92 Å². The van der Waals surface area contributed by atoms with Crippen LogP contribution in [0.2, 0.25) is 0 Å². The van der Waals surface area contributed by atoms with E-state index in [1.54, 1.807) is 12.1 Å². The molecule has 3 nitrogen and oxygen atoms in total. The Balaban J connectivity index is 2.19. The molecule has 0 amide bonds. The van der Waals surface area contributed by atoms with Gasteiger partial charge in [0.25, 0.3) is 0 Å².